The van der Waals surface area contributed by atoms with Gasteiger partial charge in [-0.15, -0.1) is 0 Å². The van der Waals surface area contributed by atoms with Crippen LogP contribution in [0, 0.1) is 0 Å². The number of hydrogen-bond acceptors (Lipinski definition) is 5. The number of rotatable bonds is 1. The second-order valence-corrected chi connectivity index (χ2v) is 5.94. The summed E-state index contributed by atoms with van der Waals surface area (Å²) in [7, 11) is 0. The van der Waals surface area contributed by atoms with Gasteiger partial charge in [-0.3, -0.25) is 4.79 Å². The average Bonchev–Trinajstić information content (AvgIpc) is 3.06. The Hall–Kier alpha value is -2.80. The van der Waals surface area contributed by atoms with Crippen molar-refractivity contribution in [3.8, 4) is 0 Å². The fraction of sp³-hybridized carbons (Fsp3) is 0. The lowest BCUT2D eigenvalue weighted by Gasteiger charge is -1.98. The van der Waals surface area contributed by atoms with Gasteiger partial charge in [0.25, 0.3) is 0 Å². The van der Waals surface area contributed by atoms with Crippen molar-refractivity contribution in [2.24, 2.45) is 0 Å². The minimum atomic E-state index is -0.780. The molecule has 0 saturated heterocycles. The van der Waals surface area contributed by atoms with Gasteiger partial charge in [-0.25, -0.2) is 9.36 Å². The molecule has 7 heteroatoms. The fourth-order valence-corrected chi connectivity index (χ4v) is 2.79. The Balaban J connectivity index is 1.92. The second kappa shape index (κ2) is 4.85. The summed E-state index contributed by atoms with van der Waals surface area (Å²) in [6, 6.07) is 11.6. The molecular weight excluding hydrogens is 364 g/mol. The molecule has 0 fully saturated rings. The quantitative estimate of drug-likeness (QED) is 0.517. The number of nitrogens with zero attached hydrogens (tertiary/aromatic N) is 1. The zero-order valence-electron chi connectivity index (χ0n) is 11.6. The number of hydrogen-bond donors (Lipinski definition) is 1. The van der Waals surface area contributed by atoms with Crippen LogP contribution in [0.4, 0.5) is 5.69 Å². The molecule has 2 heterocycles. The van der Waals surface area contributed by atoms with Crippen LogP contribution >= 0.6 is 15.9 Å². The van der Waals surface area contributed by atoms with Crippen molar-refractivity contribution in [1.82, 2.24) is 4.57 Å². The van der Waals surface area contributed by atoms with Crippen molar-refractivity contribution >= 4 is 49.6 Å². The smallest absolute Gasteiger partial charge is 0.427 e. The Morgan fingerprint density at radius 3 is 2.70 bits per heavy atom. The zero-order valence-corrected chi connectivity index (χ0v) is 13.2. The molecule has 0 radical (unpaired) electrons. The molecule has 0 atom stereocenters. The predicted molar refractivity (Wildman–Crippen MR) is 88.5 cm³/mol. The number of anilines is 1. The number of aromatic nitrogens is 1. The van der Waals surface area contributed by atoms with E-state index in [2.05, 4.69) is 15.9 Å². The van der Waals surface area contributed by atoms with E-state index in [-0.39, 0.29) is 11.3 Å². The lowest BCUT2D eigenvalue weighted by atomic mass is 10.2. The Morgan fingerprint density at radius 1 is 1.04 bits per heavy atom. The van der Waals surface area contributed by atoms with Crippen LogP contribution in [0.2, 0.25) is 0 Å². The number of fused-ring (bicyclic) bond motifs is 2. The largest absolute Gasteiger partial charge is 0.451 e. The number of furan rings is 1. The van der Waals surface area contributed by atoms with Crippen LogP contribution in [0.3, 0.4) is 0 Å². The molecule has 0 aliphatic heterocycles. The first-order valence-corrected chi connectivity index (χ1v) is 7.47. The van der Waals surface area contributed by atoms with Crippen LogP contribution in [0.25, 0.3) is 22.1 Å². The van der Waals surface area contributed by atoms with Gasteiger partial charge in [0, 0.05) is 15.5 Å². The van der Waals surface area contributed by atoms with E-state index in [1.165, 1.54) is 6.07 Å². The van der Waals surface area contributed by atoms with Crippen molar-refractivity contribution < 1.29 is 13.6 Å². The standard InChI is InChI=1S/C16H9BrN2O4/c17-9-2-1-8-5-14(22-13(8)6-9)15(20)19-11-7-10(18)3-4-12(11)23-16(19)21/h1-7H,18H2. The van der Waals surface area contributed by atoms with Crippen LogP contribution in [0.5, 0.6) is 0 Å². The number of nitrogens with two attached hydrogens (primary N) is 1. The number of nitrogen functional groups attached to an aromatic ring is 1. The fourth-order valence-electron chi connectivity index (χ4n) is 2.45. The third-order valence-corrected chi connectivity index (χ3v) is 3.99. The molecule has 0 bridgehead atoms. The van der Waals surface area contributed by atoms with Gasteiger partial charge >= 0.3 is 11.7 Å². The van der Waals surface area contributed by atoms with E-state index in [0.29, 0.717) is 16.8 Å². The van der Waals surface area contributed by atoms with Gasteiger partial charge in [-0.2, -0.15) is 0 Å². The molecule has 4 rings (SSSR count). The highest BCUT2D eigenvalue weighted by atomic mass is 79.9. The van der Waals surface area contributed by atoms with Crippen molar-refractivity contribution in [3.63, 3.8) is 0 Å². The molecule has 0 spiro atoms. The van der Waals surface area contributed by atoms with Crippen LogP contribution in [-0.4, -0.2) is 10.5 Å². The number of benzene rings is 2. The van der Waals surface area contributed by atoms with Gasteiger partial charge in [0.15, 0.2) is 11.3 Å². The maximum atomic E-state index is 12.7. The van der Waals surface area contributed by atoms with Crippen molar-refractivity contribution in [3.05, 3.63) is 63.2 Å². The first kappa shape index (κ1) is 13.8. The van der Waals surface area contributed by atoms with E-state index < -0.39 is 11.7 Å². The molecule has 0 aliphatic carbocycles. The van der Waals surface area contributed by atoms with E-state index in [0.717, 1.165) is 14.4 Å². The molecule has 2 aromatic heterocycles. The molecule has 2 aromatic carbocycles. The number of halogens is 1. The molecule has 6 nitrogen and oxygen atoms in total. The van der Waals surface area contributed by atoms with E-state index in [1.807, 2.05) is 12.1 Å². The van der Waals surface area contributed by atoms with Gasteiger partial charge in [-0.1, -0.05) is 15.9 Å². The first-order valence-electron chi connectivity index (χ1n) is 6.68. The molecule has 0 unspecified atom stereocenters. The Labute approximate surface area is 137 Å². The SMILES string of the molecule is Nc1ccc2oc(=O)n(C(=O)c3cc4ccc(Br)cc4o3)c2c1. The van der Waals surface area contributed by atoms with E-state index in [4.69, 9.17) is 14.6 Å². The molecule has 2 N–H and O–H groups in total. The minimum absolute atomic E-state index is 0.0466. The predicted octanol–water partition coefficient (Wildman–Crippen LogP) is 3.37. The van der Waals surface area contributed by atoms with Crippen molar-refractivity contribution in [1.29, 1.82) is 0 Å². The summed E-state index contributed by atoms with van der Waals surface area (Å²) >= 11 is 3.34. The highest BCUT2D eigenvalue weighted by Gasteiger charge is 2.21. The maximum absolute atomic E-state index is 12.7. The third kappa shape index (κ3) is 2.17. The van der Waals surface area contributed by atoms with Gasteiger partial charge in [0.05, 0.1) is 0 Å². The number of carbonyl (C=O) groups excluding carboxylic acids is 1. The number of carbonyl (C=O) groups is 1. The molecule has 0 amide bonds. The lowest BCUT2D eigenvalue weighted by Crippen LogP contribution is -2.22. The van der Waals surface area contributed by atoms with Gasteiger partial charge < -0.3 is 14.6 Å². The molecule has 0 aliphatic rings. The van der Waals surface area contributed by atoms with Crippen LogP contribution < -0.4 is 11.5 Å². The van der Waals surface area contributed by atoms with E-state index >= 15 is 0 Å². The monoisotopic (exact) mass is 372 g/mol. The Bertz CT molecular complexity index is 1140. The van der Waals surface area contributed by atoms with Crippen molar-refractivity contribution in [2.45, 2.75) is 0 Å². The first-order chi connectivity index (χ1) is 11.0. The summed E-state index contributed by atoms with van der Waals surface area (Å²) in [6.45, 7) is 0. The molecule has 4 aromatic rings. The van der Waals surface area contributed by atoms with Crippen LogP contribution in [0.1, 0.15) is 10.6 Å². The summed E-state index contributed by atoms with van der Waals surface area (Å²) in [6.07, 6.45) is 0. The normalized spacial score (nSPS) is 11.3. The molecular formula is C16H9BrN2O4. The topological polar surface area (TPSA) is 91.4 Å². The van der Waals surface area contributed by atoms with Crippen molar-refractivity contribution in [2.75, 3.05) is 5.73 Å². The van der Waals surface area contributed by atoms with Gasteiger partial charge in [0.1, 0.15) is 11.1 Å². The van der Waals surface area contributed by atoms with Crippen LogP contribution in [-0.2, 0) is 0 Å². The minimum Gasteiger partial charge on any atom is -0.451 e. The number of oxazole rings is 1. The molecule has 23 heavy (non-hydrogen) atoms. The zero-order chi connectivity index (χ0) is 16.1. The summed E-state index contributed by atoms with van der Waals surface area (Å²) < 4.78 is 12.4. The van der Waals surface area contributed by atoms with Gasteiger partial charge in [0.2, 0.25) is 0 Å². The average molecular weight is 373 g/mol. The third-order valence-electron chi connectivity index (χ3n) is 3.50. The van der Waals surface area contributed by atoms with Gasteiger partial charge in [-0.05, 0) is 42.5 Å². The Morgan fingerprint density at radius 2 is 1.87 bits per heavy atom. The summed E-state index contributed by atoms with van der Waals surface area (Å²) in [4.78, 5) is 24.7. The molecule has 0 saturated carbocycles. The second-order valence-electron chi connectivity index (χ2n) is 5.03. The summed E-state index contributed by atoms with van der Waals surface area (Å²) in [5, 5.41) is 0.761. The van der Waals surface area contributed by atoms with E-state index in [9.17, 15) is 9.59 Å². The maximum Gasteiger partial charge on any atom is 0.427 e. The summed E-state index contributed by atoms with van der Waals surface area (Å²) in [5.74, 6) is -1.34. The molecule has 114 valence electrons. The Kier molecular flexibility index (Phi) is 2.92. The van der Waals surface area contributed by atoms with E-state index in [1.54, 1.807) is 24.3 Å². The summed E-state index contributed by atoms with van der Waals surface area (Å²) in [5.41, 5.74) is 7.29. The highest BCUT2D eigenvalue weighted by Crippen LogP contribution is 2.25. The van der Waals surface area contributed by atoms with Crippen LogP contribution in [0.15, 0.2) is 60.6 Å². The lowest BCUT2D eigenvalue weighted by molar-refractivity contribution is 0.0931. The highest BCUT2D eigenvalue weighted by molar-refractivity contribution is 9.10.